The molecule has 0 spiro atoms. The van der Waals surface area contributed by atoms with E-state index in [-0.39, 0.29) is 12.5 Å². The van der Waals surface area contributed by atoms with E-state index in [1.54, 1.807) is 14.2 Å². The summed E-state index contributed by atoms with van der Waals surface area (Å²) in [5.74, 6) is 0. The maximum Gasteiger partial charge on any atom is 0.109 e. The molecule has 0 aliphatic heterocycles. The van der Waals surface area contributed by atoms with Crippen molar-refractivity contribution in [3.05, 3.63) is 35.9 Å². The van der Waals surface area contributed by atoms with Crippen LogP contribution in [0.5, 0.6) is 0 Å². The van der Waals surface area contributed by atoms with Crippen LogP contribution >= 0.6 is 0 Å². The van der Waals surface area contributed by atoms with Crippen LogP contribution in [0.2, 0.25) is 0 Å². The summed E-state index contributed by atoms with van der Waals surface area (Å²) < 4.78 is 10.7. The van der Waals surface area contributed by atoms with Gasteiger partial charge >= 0.3 is 0 Å². The van der Waals surface area contributed by atoms with Crippen LogP contribution in [0, 0.1) is 0 Å². The Balaban J connectivity index is 2.71. The Kier molecular flexibility index (Phi) is 5.46. The quantitative estimate of drug-likeness (QED) is 0.692. The van der Waals surface area contributed by atoms with E-state index >= 15 is 0 Å². The summed E-state index contributed by atoms with van der Waals surface area (Å²) in [4.78, 5) is 2.16. The van der Waals surface area contributed by atoms with E-state index in [2.05, 4.69) is 17.0 Å². The van der Waals surface area contributed by atoms with Crippen LogP contribution in [0.15, 0.2) is 30.3 Å². The van der Waals surface area contributed by atoms with E-state index in [0.717, 1.165) is 6.54 Å². The molecular weight excluding hydrogens is 202 g/mol. The van der Waals surface area contributed by atoms with Gasteiger partial charge in [-0.2, -0.15) is 0 Å². The molecule has 0 N–H and O–H groups in total. The molecule has 0 saturated heterocycles. The second-order valence-corrected chi connectivity index (χ2v) is 3.83. The van der Waals surface area contributed by atoms with Gasteiger partial charge in [0.15, 0.2) is 0 Å². The SMILES string of the molecule is COC(C)N(Cc1ccccc1)C(C)OC. The van der Waals surface area contributed by atoms with Gasteiger partial charge in [-0.15, -0.1) is 0 Å². The van der Waals surface area contributed by atoms with Gasteiger partial charge in [0.2, 0.25) is 0 Å². The molecule has 16 heavy (non-hydrogen) atoms. The van der Waals surface area contributed by atoms with Crippen LogP contribution in [0.1, 0.15) is 19.4 Å². The lowest BCUT2D eigenvalue weighted by Crippen LogP contribution is -2.41. The normalized spacial score (nSPS) is 15.1. The molecule has 0 aliphatic carbocycles. The molecule has 2 unspecified atom stereocenters. The van der Waals surface area contributed by atoms with Gasteiger partial charge in [0.25, 0.3) is 0 Å². The molecule has 0 radical (unpaired) electrons. The molecular formula is C13H21NO2. The van der Waals surface area contributed by atoms with Gasteiger partial charge in [0, 0.05) is 20.8 Å². The summed E-state index contributed by atoms with van der Waals surface area (Å²) in [5, 5.41) is 0. The summed E-state index contributed by atoms with van der Waals surface area (Å²) in [5.41, 5.74) is 1.26. The summed E-state index contributed by atoms with van der Waals surface area (Å²) >= 11 is 0. The molecule has 3 nitrogen and oxygen atoms in total. The zero-order chi connectivity index (χ0) is 12.0. The van der Waals surface area contributed by atoms with Crippen molar-refractivity contribution in [2.75, 3.05) is 14.2 Å². The number of hydrogen-bond donors (Lipinski definition) is 0. The predicted molar refractivity (Wildman–Crippen MR) is 64.9 cm³/mol. The molecule has 1 rings (SSSR count). The standard InChI is InChI=1S/C13H21NO2/c1-11(15-3)14(12(2)16-4)10-13-8-6-5-7-9-13/h5-9,11-12H,10H2,1-4H3. The third kappa shape index (κ3) is 3.59. The lowest BCUT2D eigenvalue weighted by atomic mass is 10.2. The highest BCUT2D eigenvalue weighted by atomic mass is 16.5. The van der Waals surface area contributed by atoms with E-state index in [4.69, 9.17) is 9.47 Å². The zero-order valence-corrected chi connectivity index (χ0v) is 10.5. The number of benzene rings is 1. The van der Waals surface area contributed by atoms with Crippen molar-refractivity contribution in [3.8, 4) is 0 Å². The zero-order valence-electron chi connectivity index (χ0n) is 10.5. The molecule has 0 aliphatic rings. The van der Waals surface area contributed by atoms with Crippen molar-refractivity contribution in [1.82, 2.24) is 4.90 Å². The first-order valence-electron chi connectivity index (χ1n) is 5.54. The highest BCUT2D eigenvalue weighted by Crippen LogP contribution is 2.12. The maximum absolute atomic E-state index is 5.35. The monoisotopic (exact) mass is 223 g/mol. The Morgan fingerprint density at radius 1 is 1.00 bits per heavy atom. The van der Waals surface area contributed by atoms with Crippen molar-refractivity contribution in [2.45, 2.75) is 32.8 Å². The third-order valence-corrected chi connectivity index (χ3v) is 2.82. The lowest BCUT2D eigenvalue weighted by Gasteiger charge is -2.32. The van der Waals surface area contributed by atoms with Gasteiger partial charge in [-0.3, -0.25) is 0 Å². The van der Waals surface area contributed by atoms with Crippen LogP contribution in [0.25, 0.3) is 0 Å². The Labute approximate surface area is 98.0 Å². The van der Waals surface area contributed by atoms with Gasteiger partial charge < -0.3 is 9.47 Å². The fourth-order valence-electron chi connectivity index (χ4n) is 1.62. The second-order valence-electron chi connectivity index (χ2n) is 3.83. The van der Waals surface area contributed by atoms with Crippen molar-refractivity contribution >= 4 is 0 Å². The predicted octanol–water partition coefficient (Wildman–Crippen LogP) is 2.47. The number of rotatable bonds is 6. The minimum Gasteiger partial charge on any atom is -0.367 e. The van der Waals surface area contributed by atoms with E-state index < -0.39 is 0 Å². The number of nitrogens with zero attached hydrogens (tertiary/aromatic N) is 1. The van der Waals surface area contributed by atoms with Gasteiger partial charge in [-0.05, 0) is 19.4 Å². The minimum absolute atomic E-state index is 0.0372. The average molecular weight is 223 g/mol. The van der Waals surface area contributed by atoms with Crippen LogP contribution in [0.4, 0.5) is 0 Å². The molecule has 0 amide bonds. The van der Waals surface area contributed by atoms with Crippen LogP contribution < -0.4 is 0 Å². The Morgan fingerprint density at radius 3 is 1.94 bits per heavy atom. The molecule has 1 aromatic carbocycles. The summed E-state index contributed by atoms with van der Waals surface area (Å²) in [6.07, 6.45) is 0.0744. The number of hydrogen-bond acceptors (Lipinski definition) is 3. The lowest BCUT2D eigenvalue weighted by molar-refractivity contribution is -0.121. The smallest absolute Gasteiger partial charge is 0.109 e. The van der Waals surface area contributed by atoms with Crippen LogP contribution in [-0.4, -0.2) is 31.6 Å². The highest BCUT2D eigenvalue weighted by Gasteiger charge is 2.19. The van der Waals surface area contributed by atoms with Gasteiger partial charge in [-0.1, -0.05) is 30.3 Å². The van der Waals surface area contributed by atoms with Crippen LogP contribution in [-0.2, 0) is 16.0 Å². The topological polar surface area (TPSA) is 21.7 Å². The van der Waals surface area contributed by atoms with Crippen LogP contribution in [0.3, 0.4) is 0 Å². The Hall–Kier alpha value is -0.900. The van der Waals surface area contributed by atoms with Gasteiger partial charge in [-0.25, -0.2) is 4.90 Å². The van der Waals surface area contributed by atoms with Gasteiger partial charge in [0.1, 0.15) is 12.5 Å². The third-order valence-electron chi connectivity index (χ3n) is 2.82. The first kappa shape index (κ1) is 13.2. The molecule has 3 heteroatoms. The number of methoxy groups -OCH3 is 2. The number of ether oxygens (including phenoxy) is 2. The first-order chi connectivity index (χ1) is 7.69. The largest absolute Gasteiger partial charge is 0.367 e. The van der Waals surface area contributed by atoms with Crippen molar-refractivity contribution < 1.29 is 9.47 Å². The molecule has 0 saturated carbocycles. The molecule has 1 aromatic rings. The fraction of sp³-hybridized carbons (Fsp3) is 0.538. The van der Waals surface area contributed by atoms with Crippen molar-refractivity contribution in [1.29, 1.82) is 0 Å². The van der Waals surface area contributed by atoms with Crippen molar-refractivity contribution in [3.63, 3.8) is 0 Å². The molecule has 0 bridgehead atoms. The van der Waals surface area contributed by atoms with E-state index in [1.165, 1.54) is 5.56 Å². The van der Waals surface area contributed by atoms with E-state index in [1.807, 2.05) is 32.0 Å². The highest BCUT2D eigenvalue weighted by molar-refractivity contribution is 5.14. The molecule has 90 valence electrons. The van der Waals surface area contributed by atoms with E-state index in [0.29, 0.717) is 0 Å². The summed E-state index contributed by atoms with van der Waals surface area (Å²) in [6.45, 7) is 4.88. The minimum atomic E-state index is 0.0372. The molecule has 2 atom stereocenters. The van der Waals surface area contributed by atoms with E-state index in [9.17, 15) is 0 Å². The Morgan fingerprint density at radius 2 is 1.50 bits per heavy atom. The Bertz CT molecular complexity index is 279. The summed E-state index contributed by atoms with van der Waals surface area (Å²) in [7, 11) is 3.43. The maximum atomic E-state index is 5.35. The van der Waals surface area contributed by atoms with Gasteiger partial charge in [0.05, 0.1) is 0 Å². The first-order valence-corrected chi connectivity index (χ1v) is 5.54. The average Bonchev–Trinajstić information content (AvgIpc) is 2.35. The van der Waals surface area contributed by atoms with Crippen molar-refractivity contribution in [2.24, 2.45) is 0 Å². The molecule has 0 fully saturated rings. The fourth-order valence-corrected chi connectivity index (χ4v) is 1.62. The summed E-state index contributed by atoms with van der Waals surface area (Å²) in [6, 6.07) is 10.3. The second kappa shape index (κ2) is 6.63. The molecule has 0 aromatic heterocycles. The molecule has 0 heterocycles.